The SMILES string of the molecule is COCCCN1CCOc2ccc(C(O[C@H]3CNC[C@H](O[Si](C(C)C)(C(C)C)C(C)C)[C@H]3c3ccc(CCl)cc3)S(=O)(=O)c3ccc(C)cc3)cc21. The number of nitrogens with one attached hydrogen (secondary N) is 1. The Kier molecular flexibility index (Phi) is 13.9. The lowest BCUT2D eigenvalue weighted by atomic mass is 9.85. The molecule has 0 spiro atoms. The molecule has 2 heterocycles. The first-order chi connectivity index (χ1) is 24.8. The summed E-state index contributed by atoms with van der Waals surface area (Å²) in [6, 6.07) is 21.0. The summed E-state index contributed by atoms with van der Waals surface area (Å²) in [5.41, 5.74) is 4.36. The van der Waals surface area contributed by atoms with Crippen molar-refractivity contribution in [3.05, 3.63) is 89.0 Å². The number of hydrogen-bond acceptors (Lipinski definition) is 8. The van der Waals surface area contributed by atoms with E-state index in [4.69, 9.17) is 30.2 Å². The minimum Gasteiger partial charge on any atom is -0.490 e. The van der Waals surface area contributed by atoms with Gasteiger partial charge in [0.15, 0.2) is 5.44 Å². The summed E-state index contributed by atoms with van der Waals surface area (Å²) in [6.07, 6.45) is 0.0965. The molecule has 5 rings (SSSR count). The van der Waals surface area contributed by atoms with Gasteiger partial charge >= 0.3 is 0 Å². The van der Waals surface area contributed by atoms with Crippen LogP contribution in [0.15, 0.2) is 71.6 Å². The standard InChI is InChI=1S/C41H59ClN2O6SSi/c1-28(2)52(29(3)4,30(5)6)50-39-27-43-26-38(40(39)33-14-12-32(25-42)13-15-33)49-41(51(45,46)35-17-10-31(7)11-18-35)34-16-19-37-36(24-34)44(21-23-48-37)20-9-22-47-8/h10-19,24,28-30,38-41,43H,9,20-23,25-27H2,1-8H3/t38-,39-,40-,41?/m0/s1. The van der Waals surface area contributed by atoms with Crippen LogP contribution in [0.25, 0.3) is 0 Å². The van der Waals surface area contributed by atoms with E-state index in [1.165, 1.54) is 0 Å². The fourth-order valence-corrected chi connectivity index (χ4v) is 15.8. The first kappa shape index (κ1) is 40.7. The quantitative estimate of drug-likeness (QED) is 0.0880. The number of piperidine rings is 1. The number of ether oxygens (including phenoxy) is 3. The Morgan fingerprint density at radius 3 is 2.19 bits per heavy atom. The Morgan fingerprint density at radius 1 is 0.923 bits per heavy atom. The molecule has 4 atom stereocenters. The number of rotatable bonds is 16. The van der Waals surface area contributed by atoms with Crippen molar-refractivity contribution >= 4 is 35.4 Å². The lowest BCUT2D eigenvalue weighted by Crippen LogP contribution is -2.58. The maximum absolute atomic E-state index is 14.8. The highest BCUT2D eigenvalue weighted by Crippen LogP contribution is 2.47. The van der Waals surface area contributed by atoms with Crippen LogP contribution in [0.3, 0.4) is 0 Å². The van der Waals surface area contributed by atoms with Gasteiger partial charge in [0.05, 0.1) is 29.3 Å². The van der Waals surface area contributed by atoms with Gasteiger partial charge in [-0.25, -0.2) is 8.42 Å². The van der Waals surface area contributed by atoms with Crippen LogP contribution in [-0.4, -0.2) is 75.4 Å². The van der Waals surface area contributed by atoms with Crippen LogP contribution in [0, 0.1) is 6.92 Å². The average molecular weight is 772 g/mol. The van der Waals surface area contributed by atoms with Gasteiger partial charge in [-0.1, -0.05) is 89.6 Å². The lowest BCUT2D eigenvalue weighted by Gasteiger charge is -2.49. The molecule has 3 aromatic carbocycles. The van der Waals surface area contributed by atoms with Crippen LogP contribution < -0.4 is 15.0 Å². The highest BCUT2D eigenvalue weighted by Gasteiger charge is 2.50. The molecule has 286 valence electrons. The second-order valence-corrected chi connectivity index (χ2v) is 23.0. The molecule has 0 aromatic heterocycles. The van der Waals surface area contributed by atoms with E-state index in [1.807, 2.05) is 37.3 Å². The van der Waals surface area contributed by atoms with E-state index in [2.05, 4.69) is 76.0 Å². The van der Waals surface area contributed by atoms with E-state index < -0.39 is 29.7 Å². The molecule has 1 unspecified atom stereocenters. The molecule has 0 radical (unpaired) electrons. The molecule has 1 fully saturated rings. The second kappa shape index (κ2) is 17.8. The molecule has 1 N–H and O–H groups in total. The smallest absolute Gasteiger partial charge is 0.209 e. The Hall–Kier alpha value is -2.44. The topological polar surface area (TPSA) is 86.3 Å². The van der Waals surface area contributed by atoms with E-state index in [9.17, 15) is 8.42 Å². The van der Waals surface area contributed by atoms with Gasteiger partial charge < -0.3 is 28.9 Å². The maximum Gasteiger partial charge on any atom is 0.209 e. The summed E-state index contributed by atoms with van der Waals surface area (Å²) in [4.78, 5) is 2.47. The molecule has 0 aliphatic carbocycles. The molecule has 8 nitrogen and oxygen atoms in total. The minimum atomic E-state index is -4.02. The molecule has 52 heavy (non-hydrogen) atoms. The highest BCUT2D eigenvalue weighted by atomic mass is 35.5. The van der Waals surface area contributed by atoms with Gasteiger partial charge in [-0.05, 0) is 70.9 Å². The third-order valence-electron chi connectivity index (χ3n) is 11.0. The van der Waals surface area contributed by atoms with Gasteiger partial charge in [0.2, 0.25) is 18.2 Å². The second-order valence-electron chi connectivity index (χ2n) is 15.3. The number of benzene rings is 3. The summed E-state index contributed by atoms with van der Waals surface area (Å²) < 4.78 is 55.6. The number of sulfone groups is 1. The van der Waals surface area contributed by atoms with Crippen LogP contribution >= 0.6 is 11.6 Å². The van der Waals surface area contributed by atoms with E-state index in [0.717, 1.165) is 41.1 Å². The van der Waals surface area contributed by atoms with Gasteiger partial charge in [-0.15, -0.1) is 11.6 Å². The zero-order valence-corrected chi connectivity index (χ0v) is 34.8. The first-order valence-electron chi connectivity index (χ1n) is 18.8. The molecule has 0 bridgehead atoms. The van der Waals surface area contributed by atoms with Crippen molar-refractivity contribution in [1.29, 1.82) is 0 Å². The van der Waals surface area contributed by atoms with Crippen molar-refractivity contribution in [3.63, 3.8) is 0 Å². The third-order valence-corrected chi connectivity index (χ3v) is 19.3. The number of aryl methyl sites for hydroxylation is 1. The number of methoxy groups -OCH3 is 1. The molecule has 0 amide bonds. The van der Waals surface area contributed by atoms with Crippen LogP contribution in [0.4, 0.5) is 5.69 Å². The Bertz CT molecular complexity index is 1680. The van der Waals surface area contributed by atoms with Gasteiger partial charge in [0, 0.05) is 45.1 Å². The number of anilines is 1. The Balaban J connectivity index is 1.62. The van der Waals surface area contributed by atoms with Crippen molar-refractivity contribution in [1.82, 2.24) is 5.32 Å². The molecule has 2 aliphatic rings. The fraction of sp³-hybridized carbons (Fsp3) is 0.561. The minimum absolute atomic E-state index is 0.222. The zero-order chi connectivity index (χ0) is 37.6. The number of halogens is 1. The van der Waals surface area contributed by atoms with Crippen LogP contribution in [-0.2, 0) is 29.6 Å². The normalized spacial score (nSPS) is 20.3. The van der Waals surface area contributed by atoms with Gasteiger partial charge in [-0.2, -0.15) is 0 Å². The molecular weight excluding hydrogens is 712 g/mol. The Labute approximate surface area is 318 Å². The zero-order valence-electron chi connectivity index (χ0n) is 32.2. The fourth-order valence-electron chi connectivity index (χ4n) is 8.45. The van der Waals surface area contributed by atoms with Crippen molar-refractivity contribution in [3.8, 4) is 5.75 Å². The monoisotopic (exact) mass is 770 g/mol. The molecular formula is C41H59ClN2O6SSi. The molecule has 0 saturated carbocycles. The largest absolute Gasteiger partial charge is 0.490 e. The van der Waals surface area contributed by atoms with Crippen molar-refractivity contribution in [2.45, 2.75) is 106 Å². The first-order valence-corrected chi connectivity index (χ1v) is 23.1. The summed E-state index contributed by atoms with van der Waals surface area (Å²) in [6.45, 7) is 19.5. The predicted molar refractivity (Wildman–Crippen MR) is 214 cm³/mol. The number of hydrogen-bond donors (Lipinski definition) is 1. The summed E-state index contributed by atoms with van der Waals surface area (Å²) in [5.74, 6) is 0.926. The van der Waals surface area contributed by atoms with Crippen molar-refractivity contribution < 1.29 is 27.1 Å². The molecule has 2 aliphatic heterocycles. The van der Waals surface area contributed by atoms with Crippen LogP contribution in [0.1, 0.15) is 81.6 Å². The van der Waals surface area contributed by atoms with E-state index in [0.29, 0.717) is 60.9 Å². The van der Waals surface area contributed by atoms with Crippen LogP contribution in [0.5, 0.6) is 5.75 Å². The lowest BCUT2D eigenvalue weighted by molar-refractivity contribution is -0.0365. The van der Waals surface area contributed by atoms with Gasteiger partial charge in [0.25, 0.3) is 0 Å². The number of fused-ring (bicyclic) bond motifs is 1. The average Bonchev–Trinajstić information content (AvgIpc) is 3.12. The Morgan fingerprint density at radius 2 is 1.58 bits per heavy atom. The van der Waals surface area contributed by atoms with Gasteiger partial charge in [0.1, 0.15) is 12.4 Å². The summed E-state index contributed by atoms with van der Waals surface area (Å²) in [7, 11) is -4.66. The van der Waals surface area contributed by atoms with Gasteiger partial charge in [-0.3, -0.25) is 0 Å². The summed E-state index contributed by atoms with van der Waals surface area (Å²) in [5, 5.41) is 3.60. The highest BCUT2D eigenvalue weighted by molar-refractivity contribution is 7.91. The molecule has 3 aromatic rings. The number of alkyl halides is 1. The third kappa shape index (κ3) is 8.75. The van der Waals surface area contributed by atoms with Crippen molar-refractivity contribution in [2.75, 3.05) is 51.4 Å². The van der Waals surface area contributed by atoms with E-state index >= 15 is 0 Å². The number of nitrogens with zero attached hydrogens (tertiary/aromatic N) is 1. The van der Waals surface area contributed by atoms with E-state index in [-0.39, 0.29) is 16.9 Å². The summed E-state index contributed by atoms with van der Waals surface area (Å²) >= 11 is 6.23. The van der Waals surface area contributed by atoms with Crippen molar-refractivity contribution in [2.24, 2.45) is 0 Å². The molecule has 11 heteroatoms. The van der Waals surface area contributed by atoms with E-state index in [1.54, 1.807) is 19.2 Å². The van der Waals surface area contributed by atoms with Crippen LogP contribution in [0.2, 0.25) is 16.6 Å². The molecule has 1 saturated heterocycles. The maximum atomic E-state index is 14.8. The predicted octanol–water partition coefficient (Wildman–Crippen LogP) is 8.77.